The lowest BCUT2D eigenvalue weighted by Gasteiger charge is -2.24. The van der Waals surface area contributed by atoms with Crippen LogP contribution in [-0.2, 0) is 19.0 Å². The quantitative estimate of drug-likeness (QED) is 0.234. The van der Waals surface area contributed by atoms with E-state index in [1.54, 1.807) is 11.3 Å². The molecule has 0 aliphatic rings. The second-order valence-corrected chi connectivity index (χ2v) is 7.72. The molecular formula is C21H32N4O5S. The second kappa shape index (κ2) is 15.0. The molecule has 0 saturated carbocycles. The molecule has 0 aliphatic carbocycles. The van der Waals surface area contributed by atoms with Gasteiger partial charge in [-0.25, -0.2) is 4.98 Å². The van der Waals surface area contributed by atoms with E-state index in [-0.39, 0.29) is 6.61 Å². The Morgan fingerprint density at radius 1 is 1.00 bits per heavy atom. The highest BCUT2D eigenvalue weighted by molar-refractivity contribution is 7.15. The van der Waals surface area contributed by atoms with E-state index >= 15 is 0 Å². The van der Waals surface area contributed by atoms with Crippen molar-refractivity contribution in [1.29, 1.82) is 0 Å². The first-order valence-corrected chi connectivity index (χ1v) is 11.1. The number of hydrogen-bond acceptors (Lipinski definition) is 10. The number of ether oxygens (including phenoxy) is 3. The molecule has 9 nitrogen and oxygen atoms in total. The third kappa shape index (κ3) is 9.81. The minimum Gasteiger partial charge on any atom is -0.394 e. The van der Waals surface area contributed by atoms with Gasteiger partial charge in [0.05, 0.1) is 64.2 Å². The monoisotopic (exact) mass is 452 g/mol. The molecule has 1 heterocycles. The Labute approximate surface area is 187 Å². The molecule has 31 heavy (non-hydrogen) atoms. The molecule has 2 rings (SSSR count). The topological polar surface area (TPSA) is 98.0 Å². The zero-order valence-electron chi connectivity index (χ0n) is 18.5. The molecule has 0 saturated heterocycles. The number of anilines is 1. The van der Waals surface area contributed by atoms with Crippen LogP contribution in [0.15, 0.2) is 34.6 Å². The number of aliphatic hydroxyl groups excluding tert-OH is 1. The molecule has 0 radical (unpaired) electrons. The number of hydroxylamine groups is 1. The molecule has 1 aromatic heterocycles. The fourth-order valence-corrected chi connectivity index (χ4v) is 3.13. The number of nitrogens with zero attached hydrogens (tertiary/aromatic N) is 4. The first-order chi connectivity index (χ1) is 15.1. The van der Waals surface area contributed by atoms with Crippen molar-refractivity contribution in [2.24, 2.45) is 10.2 Å². The molecule has 2 aromatic rings. The zero-order chi connectivity index (χ0) is 22.3. The van der Waals surface area contributed by atoms with E-state index in [9.17, 15) is 0 Å². The molecule has 0 aliphatic heterocycles. The minimum absolute atomic E-state index is 0.00798. The SMILES string of the molecule is CCOCCOCCON(CCOCCO)c1ccc(/N=N/c2ncc(C)s2)c(C)c1. The number of benzene rings is 1. The lowest BCUT2D eigenvalue weighted by Crippen LogP contribution is -2.29. The van der Waals surface area contributed by atoms with Crippen LogP contribution in [0.4, 0.5) is 16.5 Å². The predicted octanol–water partition coefficient (Wildman–Crippen LogP) is 3.98. The van der Waals surface area contributed by atoms with Crippen molar-refractivity contribution in [3.05, 3.63) is 34.8 Å². The van der Waals surface area contributed by atoms with Gasteiger partial charge in [-0.1, -0.05) is 11.3 Å². The van der Waals surface area contributed by atoms with Gasteiger partial charge in [0.15, 0.2) is 0 Å². The van der Waals surface area contributed by atoms with Gasteiger partial charge in [-0.15, -0.1) is 10.2 Å². The van der Waals surface area contributed by atoms with Crippen molar-refractivity contribution in [2.75, 3.05) is 64.5 Å². The Balaban J connectivity index is 1.95. The van der Waals surface area contributed by atoms with Crippen molar-refractivity contribution in [2.45, 2.75) is 20.8 Å². The Bertz CT molecular complexity index is 787. The largest absolute Gasteiger partial charge is 0.394 e. The van der Waals surface area contributed by atoms with Gasteiger partial charge in [0.25, 0.3) is 0 Å². The Morgan fingerprint density at radius 2 is 1.77 bits per heavy atom. The molecule has 0 unspecified atom stereocenters. The third-order valence-electron chi connectivity index (χ3n) is 4.05. The number of rotatable bonds is 16. The second-order valence-electron chi connectivity index (χ2n) is 6.50. The fourth-order valence-electron chi connectivity index (χ4n) is 2.55. The van der Waals surface area contributed by atoms with Gasteiger partial charge < -0.3 is 19.3 Å². The third-order valence-corrected chi connectivity index (χ3v) is 4.84. The van der Waals surface area contributed by atoms with Crippen LogP contribution >= 0.6 is 11.3 Å². The first-order valence-electron chi connectivity index (χ1n) is 10.3. The summed E-state index contributed by atoms with van der Waals surface area (Å²) in [6.45, 7) is 9.78. The maximum atomic E-state index is 8.89. The summed E-state index contributed by atoms with van der Waals surface area (Å²) >= 11 is 1.50. The number of hydrogen-bond donors (Lipinski definition) is 1. The molecular weight excluding hydrogens is 420 g/mol. The summed E-state index contributed by atoms with van der Waals surface area (Å²) in [5.74, 6) is 0. The number of thiazole rings is 1. The molecule has 0 spiro atoms. The lowest BCUT2D eigenvalue weighted by atomic mass is 10.2. The standard InChI is InChI=1S/C21H32N4O5S/c1-4-27-11-12-29-13-14-30-25(7-9-28-10-8-26)19-5-6-20(17(2)15-19)23-24-21-22-16-18(3)31-21/h5-6,15-16,26H,4,7-14H2,1-3H3/b24-23+. The van der Waals surface area contributed by atoms with E-state index in [1.165, 1.54) is 11.3 Å². The van der Waals surface area contributed by atoms with Gasteiger partial charge in [0.2, 0.25) is 5.13 Å². The van der Waals surface area contributed by atoms with E-state index in [4.69, 9.17) is 24.2 Å². The van der Waals surface area contributed by atoms with Crippen molar-refractivity contribution < 1.29 is 24.2 Å². The molecule has 0 fully saturated rings. The summed E-state index contributed by atoms with van der Waals surface area (Å²) in [5, 5.41) is 19.8. The van der Waals surface area contributed by atoms with Crippen LogP contribution < -0.4 is 5.06 Å². The Morgan fingerprint density at radius 3 is 2.48 bits per heavy atom. The Kier molecular flexibility index (Phi) is 12.2. The molecule has 0 atom stereocenters. The van der Waals surface area contributed by atoms with Crippen molar-refractivity contribution >= 4 is 27.8 Å². The van der Waals surface area contributed by atoms with Gasteiger partial charge in [-0.05, 0) is 44.5 Å². The van der Waals surface area contributed by atoms with Crippen LogP contribution in [-0.4, -0.2) is 69.5 Å². The van der Waals surface area contributed by atoms with Gasteiger partial charge in [0, 0.05) is 17.7 Å². The average molecular weight is 453 g/mol. The van der Waals surface area contributed by atoms with E-state index in [0.29, 0.717) is 57.9 Å². The van der Waals surface area contributed by atoms with Crippen LogP contribution in [0, 0.1) is 13.8 Å². The van der Waals surface area contributed by atoms with Gasteiger partial charge in [-0.2, -0.15) is 0 Å². The minimum atomic E-state index is -0.00798. The lowest BCUT2D eigenvalue weighted by molar-refractivity contribution is 0.00450. The number of aliphatic hydroxyl groups is 1. The average Bonchev–Trinajstić information content (AvgIpc) is 3.18. The smallest absolute Gasteiger partial charge is 0.230 e. The molecule has 1 N–H and O–H groups in total. The number of azo groups is 1. The van der Waals surface area contributed by atoms with Crippen molar-refractivity contribution in [1.82, 2.24) is 4.98 Å². The molecule has 172 valence electrons. The summed E-state index contributed by atoms with van der Waals surface area (Å²) in [6, 6.07) is 5.82. The Hall–Kier alpha value is -1.95. The maximum absolute atomic E-state index is 8.89. The van der Waals surface area contributed by atoms with E-state index < -0.39 is 0 Å². The molecule has 0 amide bonds. The highest BCUT2D eigenvalue weighted by Crippen LogP contribution is 2.28. The summed E-state index contributed by atoms with van der Waals surface area (Å²) in [7, 11) is 0. The summed E-state index contributed by atoms with van der Waals surface area (Å²) < 4.78 is 16.1. The maximum Gasteiger partial charge on any atom is 0.230 e. The van der Waals surface area contributed by atoms with Crippen LogP contribution in [0.25, 0.3) is 0 Å². The van der Waals surface area contributed by atoms with E-state index in [2.05, 4.69) is 15.2 Å². The van der Waals surface area contributed by atoms with Gasteiger partial charge >= 0.3 is 0 Å². The molecule has 1 aromatic carbocycles. The van der Waals surface area contributed by atoms with Crippen LogP contribution in [0.5, 0.6) is 0 Å². The molecule has 10 heteroatoms. The zero-order valence-corrected chi connectivity index (χ0v) is 19.3. The van der Waals surface area contributed by atoms with Crippen molar-refractivity contribution in [3.8, 4) is 0 Å². The van der Waals surface area contributed by atoms with Crippen LogP contribution in [0.1, 0.15) is 17.4 Å². The van der Waals surface area contributed by atoms with Gasteiger partial charge in [0.1, 0.15) is 0 Å². The van der Waals surface area contributed by atoms with Crippen LogP contribution in [0.2, 0.25) is 0 Å². The normalized spacial score (nSPS) is 11.5. The first kappa shape index (κ1) is 25.3. The number of aromatic nitrogens is 1. The predicted molar refractivity (Wildman–Crippen MR) is 121 cm³/mol. The molecule has 0 bridgehead atoms. The highest BCUT2D eigenvalue weighted by Gasteiger charge is 2.10. The highest BCUT2D eigenvalue weighted by atomic mass is 32.1. The van der Waals surface area contributed by atoms with E-state index in [1.807, 2.05) is 39.0 Å². The number of aryl methyl sites for hydroxylation is 2. The van der Waals surface area contributed by atoms with Crippen molar-refractivity contribution in [3.63, 3.8) is 0 Å². The fraction of sp³-hybridized carbons (Fsp3) is 0.571. The summed E-state index contributed by atoms with van der Waals surface area (Å²) in [6.07, 6.45) is 1.78. The van der Waals surface area contributed by atoms with Gasteiger partial charge in [-0.3, -0.25) is 9.90 Å². The van der Waals surface area contributed by atoms with Crippen LogP contribution in [0.3, 0.4) is 0 Å². The summed E-state index contributed by atoms with van der Waals surface area (Å²) in [4.78, 5) is 11.2. The van der Waals surface area contributed by atoms with E-state index in [0.717, 1.165) is 21.8 Å². The summed E-state index contributed by atoms with van der Waals surface area (Å²) in [5.41, 5.74) is 2.61.